The summed E-state index contributed by atoms with van der Waals surface area (Å²) in [5.74, 6) is 0.257. The topological polar surface area (TPSA) is 78.5 Å². The number of fused-ring (bicyclic) bond motifs is 5. The van der Waals surface area contributed by atoms with Gasteiger partial charge in [0.15, 0.2) is 5.16 Å². The zero-order valence-electron chi connectivity index (χ0n) is 15.0. The smallest absolute Gasteiger partial charge is 0.316 e. The molecule has 28 heavy (non-hydrogen) atoms. The first-order valence-electron chi connectivity index (χ1n) is 8.88. The van der Waals surface area contributed by atoms with Gasteiger partial charge in [0.1, 0.15) is 4.83 Å². The molecule has 5 rings (SSSR count). The van der Waals surface area contributed by atoms with Crippen molar-refractivity contribution < 1.29 is 9.53 Å². The summed E-state index contributed by atoms with van der Waals surface area (Å²) >= 11 is 2.89. The number of thioether (sulfide) groups is 1. The third-order valence-electron chi connectivity index (χ3n) is 4.90. The Morgan fingerprint density at radius 1 is 1.25 bits per heavy atom. The van der Waals surface area contributed by atoms with E-state index in [1.54, 1.807) is 15.9 Å². The number of nitrogens with zero attached hydrogens (tertiary/aromatic N) is 4. The van der Waals surface area contributed by atoms with Crippen molar-refractivity contribution in [1.29, 1.82) is 0 Å². The molecule has 0 spiro atoms. The molecule has 1 aliphatic carbocycles. The van der Waals surface area contributed by atoms with Gasteiger partial charge in [0.25, 0.3) is 5.56 Å². The number of benzene rings is 1. The van der Waals surface area contributed by atoms with Crippen LogP contribution in [0.2, 0.25) is 0 Å². The van der Waals surface area contributed by atoms with Gasteiger partial charge in [-0.1, -0.05) is 30.0 Å². The molecule has 0 aliphatic heterocycles. The third kappa shape index (κ3) is 2.57. The first kappa shape index (κ1) is 17.4. The van der Waals surface area contributed by atoms with Crippen LogP contribution in [0, 0.1) is 0 Å². The van der Waals surface area contributed by atoms with E-state index >= 15 is 0 Å². The van der Waals surface area contributed by atoms with E-state index < -0.39 is 0 Å². The van der Waals surface area contributed by atoms with Gasteiger partial charge in [-0.3, -0.25) is 9.59 Å². The molecule has 0 radical (unpaired) electrons. The number of aryl methyl sites for hydroxylation is 2. The highest BCUT2D eigenvalue weighted by Crippen LogP contribution is 2.37. The molecule has 0 saturated heterocycles. The van der Waals surface area contributed by atoms with Gasteiger partial charge in [0.2, 0.25) is 5.78 Å². The highest BCUT2D eigenvalue weighted by atomic mass is 32.2. The van der Waals surface area contributed by atoms with Gasteiger partial charge in [-0.25, -0.2) is 8.97 Å². The average Bonchev–Trinajstić information content (AvgIpc) is 3.41. The molecule has 4 aromatic rings. The normalized spacial score (nSPS) is 13.3. The van der Waals surface area contributed by atoms with Crippen LogP contribution in [0.15, 0.2) is 40.3 Å². The van der Waals surface area contributed by atoms with Gasteiger partial charge in [0.05, 0.1) is 23.9 Å². The van der Waals surface area contributed by atoms with Gasteiger partial charge in [-0.05, 0) is 37.0 Å². The first-order valence-corrected chi connectivity index (χ1v) is 10.7. The summed E-state index contributed by atoms with van der Waals surface area (Å²) in [5.41, 5.74) is 1.83. The number of esters is 1. The molecule has 9 heteroatoms. The number of hydrogen-bond donors (Lipinski definition) is 0. The van der Waals surface area contributed by atoms with Gasteiger partial charge in [-0.2, -0.15) is 0 Å². The second-order valence-corrected chi connectivity index (χ2v) is 8.52. The number of rotatable bonds is 4. The lowest BCUT2D eigenvalue weighted by Crippen LogP contribution is -2.21. The number of thiophene rings is 1. The van der Waals surface area contributed by atoms with Crippen LogP contribution in [0.3, 0.4) is 0 Å². The van der Waals surface area contributed by atoms with Crippen LogP contribution in [0.25, 0.3) is 21.7 Å². The number of hydrogen-bond acceptors (Lipinski definition) is 7. The average molecular weight is 412 g/mol. The van der Waals surface area contributed by atoms with Crippen molar-refractivity contribution in [2.45, 2.75) is 24.4 Å². The van der Waals surface area contributed by atoms with Gasteiger partial charge >= 0.3 is 5.97 Å². The van der Waals surface area contributed by atoms with Crippen LogP contribution in [0.1, 0.15) is 16.9 Å². The fourth-order valence-corrected chi connectivity index (χ4v) is 5.84. The van der Waals surface area contributed by atoms with E-state index in [9.17, 15) is 9.59 Å². The number of methoxy groups -OCH3 is 1. The first-order chi connectivity index (χ1) is 13.7. The molecule has 1 aromatic carbocycles. The van der Waals surface area contributed by atoms with Crippen LogP contribution >= 0.6 is 23.1 Å². The van der Waals surface area contributed by atoms with E-state index in [2.05, 4.69) is 10.2 Å². The molecular weight excluding hydrogens is 396 g/mol. The lowest BCUT2D eigenvalue weighted by atomic mass is 10.2. The molecule has 3 aromatic heterocycles. The number of aromatic nitrogens is 4. The fourth-order valence-electron chi connectivity index (χ4n) is 3.64. The van der Waals surface area contributed by atoms with Crippen LogP contribution in [0.4, 0.5) is 0 Å². The summed E-state index contributed by atoms with van der Waals surface area (Å²) in [6, 6.07) is 9.47. The standard InChI is InChI=1S/C19H16N4O3S2/c1-26-14(24)10-27-19-21-20-18-22(11-6-3-2-4-7-11)16(25)15-12-8-5-9-13(12)28-17(15)23(18)19/h2-4,6-7H,5,8-10H2,1H3. The van der Waals surface area contributed by atoms with Crippen molar-refractivity contribution in [3.05, 3.63) is 51.1 Å². The summed E-state index contributed by atoms with van der Waals surface area (Å²) in [6.07, 6.45) is 2.98. The van der Waals surface area contributed by atoms with Gasteiger partial charge in [0, 0.05) is 4.88 Å². The Kier molecular flexibility index (Phi) is 4.21. The second-order valence-electron chi connectivity index (χ2n) is 6.50. The molecule has 7 nitrogen and oxygen atoms in total. The minimum absolute atomic E-state index is 0.0648. The summed E-state index contributed by atoms with van der Waals surface area (Å²) < 4.78 is 8.26. The highest BCUT2D eigenvalue weighted by molar-refractivity contribution is 7.99. The summed E-state index contributed by atoms with van der Waals surface area (Å²) in [7, 11) is 1.36. The number of carbonyl (C=O) groups is 1. The largest absolute Gasteiger partial charge is 0.468 e. The minimum atomic E-state index is -0.331. The molecule has 0 saturated carbocycles. The SMILES string of the molecule is COC(=O)CSc1nnc2n(-c3ccccc3)c(=O)c3c4c(sc3n12)CCC4. The maximum absolute atomic E-state index is 13.5. The molecular formula is C19H16N4O3S2. The Bertz CT molecular complexity index is 1270. The van der Waals surface area contributed by atoms with E-state index in [1.807, 2.05) is 34.7 Å². The van der Waals surface area contributed by atoms with E-state index in [-0.39, 0.29) is 17.3 Å². The molecule has 0 unspecified atom stereocenters. The lowest BCUT2D eigenvalue weighted by Gasteiger charge is -2.09. The summed E-state index contributed by atoms with van der Waals surface area (Å²) in [4.78, 5) is 27.2. The second kappa shape index (κ2) is 6.75. The number of carbonyl (C=O) groups excluding carboxylic acids is 1. The maximum atomic E-state index is 13.5. The summed E-state index contributed by atoms with van der Waals surface area (Å²) in [5, 5.41) is 9.90. The monoisotopic (exact) mass is 412 g/mol. The minimum Gasteiger partial charge on any atom is -0.468 e. The van der Waals surface area contributed by atoms with Crippen LogP contribution in [0.5, 0.6) is 0 Å². The molecule has 142 valence electrons. The van der Waals surface area contributed by atoms with Crippen molar-refractivity contribution in [3.8, 4) is 5.69 Å². The van der Waals surface area contributed by atoms with Crippen molar-refractivity contribution in [2.75, 3.05) is 12.9 Å². The molecule has 0 amide bonds. The van der Waals surface area contributed by atoms with Crippen molar-refractivity contribution in [3.63, 3.8) is 0 Å². The predicted octanol–water partition coefficient (Wildman–Crippen LogP) is 2.85. The quantitative estimate of drug-likeness (QED) is 0.379. The lowest BCUT2D eigenvalue weighted by molar-refractivity contribution is -0.137. The van der Waals surface area contributed by atoms with Crippen molar-refractivity contribution >= 4 is 45.1 Å². The van der Waals surface area contributed by atoms with E-state index in [0.717, 1.165) is 40.7 Å². The molecule has 0 N–H and O–H groups in total. The van der Waals surface area contributed by atoms with Crippen LogP contribution < -0.4 is 5.56 Å². The molecule has 0 bridgehead atoms. The molecule has 0 atom stereocenters. The zero-order chi connectivity index (χ0) is 19.3. The van der Waals surface area contributed by atoms with Crippen molar-refractivity contribution in [1.82, 2.24) is 19.2 Å². The van der Waals surface area contributed by atoms with Crippen LogP contribution in [-0.2, 0) is 22.4 Å². The van der Waals surface area contributed by atoms with E-state index in [4.69, 9.17) is 4.74 Å². The van der Waals surface area contributed by atoms with E-state index in [1.165, 1.54) is 23.7 Å². The highest BCUT2D eigenvalue weighted by Gasteiger charge is 2.26. The predicted molar refractivity (Wildman–Crippen MR) is 109 cm³/mol. The Morgan fingerprint density at radius 2 is 2.07 bits per heavy atom. The summed E-state index contributed by atoms with van der Waals surface area (Å²) in [6.45, 7) is 0. The van der Waals surface area contributed by atoms with Crippen molar-refractivity contribution in [2.24, 2.45) is 0 Å². The third-order valence-corrected chi connectivity index (χ3v) is 7.08. The van der Waals surface area contributed by atoms with Gasteiger partial charge < -0.3 is 4.74 Å². The van der Waals surface area contributed by atoms with E-state index in [0.29, 0.717) is 10.9 Å². The molecule has 0 fully saturated rings. The maximum Gasteiger partial charge on any atom is 0.316 e. The Morgan fingerprint density at radius 3 is 2.86 bits per heavy atom. The zero-order valence-corrected chi connectivity index (χ0v) is 16.7. The van der Waals surface area contributed by atoms with Crippen LogP contribution in [-0.4, -0.2) is 38.0 Å². The Labute approximate surface area is 168 Å². The Hall–Kier alpha value is -2.65. The van der Waals surface area contributed by atoms with Gasteiger partial charge in [-0.15, -0.1) is 21.5 Å². The number of ether oxygens (including phenoxy) is 1. The molecule has 3 heterocycles. The molecule has 1 aliphatic rings. The Balaban J connectivity index is 1.84. The number of para-hydroxylation sites is 1. The fraction of sp³-hybridized carbons (Fsp3) is 0.263.